The highest BCUT2D eigenvalue weighted by molar-refractivity contribution is 5.72. The van der Waals surface area contributed by atoms with Crippen LogP contribution in [0.1, 0.15) is 89.5 Å². The molecular formula is C26H42O. The van der Waals surface area contributed by atoms with Gasteiger partial charge in [-0.1, -0.05) is 77.0 Å². The van der Waals surface area contributed by atoms with Crippen LogP contribution in [0.4, 0.5) is 0 Å². The van der Waals surface area contributed by atoms with E-state index in [-0.39, 0.29) is 11.2 Å². The van der Waals surface area contributed by atoms with E-state index in [0.717, 1.165) is 6.42 Å². The number of rotatable bonds is 0. The Hall–Kier alpha value is -1.63. The third-order valence-corrected chi connectivity index (χ3v) is 4.41. The van der Waals surface area contributed by atoms with Gasteiger partial charge in [0.15, 0.2) is 0 Å². The minimum Gasteiger partial charge on any atom is -0.300 e. The van der Waals surface area contributed by atoms with Crippen LogP contribution in [-0.4, -0.2) is 5.78 Å². The number of Topliss-reactive ketones (excluding diaryl/α,β-unsaturated/α-hetero) is 1. The summed E-state index contributed by atoms with van der Waals surface area (Å²) in [5.41, 5.74) is 9.29. The zero-order valence-electron chi connectivity index (χ0n) is 19.9. The van der Waals surface area contributed by atoms with Gasteiger partial charge in [0.25, 0.3) is 0 Å². The van der Waals surface area contributed by atoms with Crippen molar-refractivity contribution in [2.24, 2.45) is 10.8 Å². The molecule has 0 aromatic heterocycles. The molecular weight excluding hydrogens is 328 g/mol. The molecule has 0 aliphatic heterocycles. The molecule has 0 spiro atoms. The van der Waals surface area contributed by atoms with E-state index >= 15 is 0 Å². The number of allylic oxidation sites excluding steroid dienone is 10. The number of hydrogen-bond donors (Lipinski definition) is 0. The van der Waals surface area contributed by atoms with Crippen molar-refractivity contribution in [3.05, 3.63) is 57.7 Å². The van der Waals surface area contributed by atoms with Crippen LogP contribution >= 0.6 is 0 Å². The van der Waals surface area contributed by atoms with Crippen LogP contribution in [0, 0.1) is 10.8 Å². The average Bonchev–Trinajstić information content (AvgIpc) is 3.03. The Kier molecular flexibility index (Phi) is 9.45. The first kappa shape index (κ1) is 25.4. The van der Waals surface area contributed by atoms with Crippen LogP contribution < -0.4 is 0 Å². The molecule has 0 heterocycles. The van der Waals surface area contributed by atoms with Crippen molar-refractivity contribution in [3.63, 3.8) is 0 Å². The lowest BCUT2D eigenvalue weighted by atomic mass is 9.87. The molecule has 0 aromatic rings. The maximum Gasteiger partial charge on any atom is 0.126 e. The van der Waals surface area contributed by atoms with Crippen LogP contribution in [0.2, 0.25) is 0 Å². The van der Waals surface area contributed by atoms with Gasteiger partial charge in [-0.15, -0.1) is 0 Å². The van der Waals surface area contributed by atoms with Gasteiger partial charge in [-0.3, -0.25) is 0 Å². The lowest BCUT2D eigenvalue weighted by Gasteiger charge is -2.18. The highest BCUT2D eigenvalue weighted by atomic mass is 16.1. The third kappa shape index (κ3) is 9.75. The lowest BCUT2D eigenvalue weighted by Crippen LogP contribution is -2.05. The minimum atomic E-state index is 0.167. The summed E-state index contributed by atoms with van der Waals surface area (Å²) >= 11 is 0. The average molecular weight is 371 g/mol. The quantitative estimate of drug-likeness (QED) is 0.420. The molecule has 27 heavy (non-hydrogen) atoms. The molecule has 0 saturated heterocycles. The summed E-state index contributed by atoms with van der Waals surface area (Å²) in [6, 6.07) is 0. The van der Waals surface area contributed by atoms with Gasteiger partial charge in [-0.25, -0.2) is 0 Å². The number of hydrogen-bond acceptors (Lipinski definition) is 1. The van der Waals surface area contributed by atoms with E-state index in [1.165, 1.54) is 47.3 Å². The smallest absolute Gasteiger partial charge is 0.126 e. The Bertz CT molecular complexity index is 681. The normalized spacial score (nSPS) is 16.2. The van der Waals surface area contributed by atoms with Crippen molar-refractivity contribution in [2.45, 2.75) is 89.5 Å². The predicted molar refractivity (Wildman–Crippen MR) is 122 cm³/mol. The Balaban J connectivity index is 0.000000428. The summed E-state index contributed by atoms with van der Waals surface area (Å²) in [5.74, 6) is 0.167. The van der Waals surface area contributed by atoms with Crippen molar-refractivity contribution >= 4 is 5.78 Å². The Morgan fingerprint density at radius 3 is 1.41 bits per heavy atom. The summed E-state index contributed by atoms with van der Waals surface area (Å²) in [5, 5.41) is 0. The van der Waals surface area contributed by atoms with Gasteiger partial charge in [0.1, 0.15) is 5.78 Å². The molecule has 2 aliphatic carbocycles. The third-order valence-electron chi connectivity index (χ3n) is 4.41. The fourth-order valence-corrected chi connectivity index (χ4v) is 2.77. The highest BCUT2D eigenvalue weighted by Crippen LogP contribution is 2.36. The molecule has 0 atom stereocenters. The zero-order valence-corrected chi connectivity index (χ0v) is 19.9. The van der Waals surface area contributed by atoms with Crippen LogP contribution in [0.25, 0.3) is 0 Å². The van der Waals surface area contributed by atoms with Crippen molar-refractivity contribution in [1.82, 2.24) is 0 Å². The number of carbonyl (C=O) groups excluding carboxylic acids is 1. The summed E-state index contributed by atoms with van der Waals surface area (Å²) < 4.78 is 0. The molecule has 1 heteroatoms. The molecule has 0 radical (unpaired) electrons. The fourth-order valence-electron chi connectivity index (χ4n) is 2.77. The van der Waals surface area contributed by atoms with Crippen LogP contribution in [0.15, 0.2) is 57.7 Å². The van der Waals surface area contributed by atoms with Crippen molar-refractivity contribution in [1.29, 1.82) is 0 Å². The molecule has 0 fully saturated rings. The van der Waals surface area contributed by atoms with E-state index in [9.17, 15) is 4.79 Å². The van der Waals surface area contributed by atoms with E-state index in [4.69, 9.17) is 0 Å². The summed E-state index contributed by atoms with van der Waals surface area (Å²) in [4.78, 5) is 9.44. The second kappa shape index (κ2) is 10.1. The molecule has 0 unspecified atom stereocenters. The van der Waals surface area contributed by atoms with Crippen molar-refractivity contribution in [2.75, 3.05) is 0 Å². The first-order chi connectivity index (χ1) is 12.1. The maximum absolute atomic E-state index is 9.44. The van der Waals surface area contributed by atoms with E-state index in [1.807, 2.05) is 0 Å². The second-order valence-corrected chi connectivity index (χ2v) is 10.1. The largest absolute Gasteiger partial charge is 0.300 e. The molecule has 2 rings (SSSR count). The van der Waals surface area contributed by atoms with E-state index in [1.54, 1.807) is 0 Å². The van der Waals surface area contributed by atoms with Gasteiger partial charge in [-0.2, -0.15) is 0 Å². The minimum absolute atomic E-state index is 0.167. The predicted octanol–water partition coefficient (Wildman–Crippen LogP) is 8.16. The molecule has 0 saturated carbocycles. The molecule has 0 N–H and O–H groups in total. The Morgan fingerprint density at radius 2 is 1.22 bits per heavy atom. The molecule has 152 valence electrons. The molecule has 0 aromatic carbocycles. The van der Waals surface area contributed by atoms with E-state index in [0.29, 0.717) is 5.41 Å². The van der Waals surface area contributed by atoms with Crippen LogP contribution in [0.3, 0.4) is 0 Å². The zero-order chi connectivity index (χ0) is 21.6. The van der Waals surface area contributed by atoms with Gasteiger partial charge < -0.3 is 4.79 Å². The summed E-state index contributed by atoms with van der Waals surface area (Å²) in [6.45, 7) is 25.3. The van der Waals surface area contributed by atoms with Crippen molar-refractivity contribution in [3.8, 4) is 0 Å². The van der Waals surface area contributed by atoms with Gasteiger partial charge >= 0.3 is 0 Å². The first-order valence-electron chi connectivity index (χ1n) is 9.99. The van der Waals surface area contributed by atoms with Gasteiger partial charge in [0.05, 0.1) is 0 Å². The van der Waals surface area contributed by atoms with Crippen LogP contribution in [0.5, 0.6) is 0 Å². The molecule has 0 bridgehead atoms. The number of carbonyl (C=O) groups is 1. The molecule has 1 nitrogen and oxygen atoms in total. The number of ketones is 1. The van der Waals surface area contributed by atoms with Crippen LogP contribution in [-0.2, 0) is 4.79 Å². The van der Waals surface area contributed by atoms with Gasteiger partial charge in [0.2, 0.25) is 0 Å². The van der Waals surface area contributed by atoms with E-state index in [2.05, 4.69) is 93.5 Å². The Labute approximate surface area is 169 Å². The van der Waals surface area contributed by atoms with E-state index < -0.39 is 0 Å². The topological polar surface area (TPSA) is 17.1 Å². The second-order valence-electron chi connectivity index (χ2n) is 10.1. The summed E-state index contributed by atoms with van der Waals surface area (Å²) in [7, 11) is 0. The Morgan fingerprint density at radius 1 is 0.778 bits per heavy atom. The molecule has 2 aliphatic rings. The first-order valence-corrected chi connectivity index (χ1v) is 9.99. The fraction of sp³-hybridized carbons (Fsp3) is 0.577. The molecule has 0 amide bonds. The maximum atomic E-state index is 9.44. The van der Waals surface area contributed by atoms with Gasteiger partial charge in [-0.05, 0) is 81.1 Å². The lowest BCUT2D eigenvalue weighted by molar-refractivity contribution is -0.114. The van der Waals surface area contributed by atoms with Crippen molar-refractivity contribution < 1.29 is 4.79 Å². The monoisotopic (exact) mass is 370 g/mol. The van der Waals surface area contributed by atoms with Gasteiger partial charge in [0, 0.05) is 0 Å². The summed E-state index contributed by atoms with van der Waals surface area (Å²) in [6.07, 6.45) is 10.4. The standard InChI is InChI=1S/C13H20.C10H16.C3H6O/c1-9(2)12-8-11(7-10(12)3)13(4,5)6;1-8-5-6-9(7-8)10(2,3)4;1-3(2)4/h7-8H,1-6H3;6-7H,5H2,1-4H3;1-2H3. The highest BCUT2D eigenvalue weighted by Gasteiger charge is 2.20. The SMILES string of the molecule is CC(C)=O.CC1=CC(C(C)(C)C)=CC1.CC1=CC(C(C)(C)C)=CC1=C(C)C.